The average Bonchev–Trinajstić information content (AvgIpc) is 1.98. The normalized spacial score (nSPS) is 12.3. The van der Waals surface area contributed by atoms with Crippen LogP contribution < -0.4 is 5.32 Å². The molecular weight excluding hydrogens is 166 g/mol. The minimum atomic E-state index is -0.439. The number of carbonyl (C=O) groups excluding carboxylic acids is 1. The predicted octanol–water partition coefficient (Wildman–Crippen LogP) is 0.890. The highest BCUT2D eigenvalue weighted by Crippen LogP contribution is 1.93. The molecule has 11 heavy (non-hydrogen) atoms. The Morgan fingerprint density at radius 2 is 2.36 bits per heavy atom. The molecule has 0 aromatic heterocycles. The number of amides is 1. The summed E-state index contributed by atoms with van der Waals surface area (Å²) in [7, 11) is 1.47. The van der Waals surface area contributed by atoms with Gasteiger partial charge in [0.05, 0.1) is 6.54 Å². The van der Waals surface area contributed by atoms with Gasteiger partial charge in [0.15, 0.2) is 0 Å². The van der Waals surface area contributed by atoms with E-state index >= 15 is 0 Å². The summed E-state index contributed by atoms with van der Waals surface area (Å²) in [6.45, 7) is 5.37. The third kappa shape index (κ3) is 4.81. The van der Waals surface area contributed by atoms with Crippen LogP contribution in [-0.2, 0) is 9.53 Å². The molecule has 0 aliphatic heterocycles. The molecule has 0 aromatic rings. The lowest BCUT2D eigenvalue weighted by molar-refractivity contribution is -0.129. The number of halogens is 1. The van der Waals surface area contributed by atoms with Gasteiger partial charge in [0.2, 0.25) is 5.91 Å². The number of carbonyl (C=O) groups is 1. The average molecular weight is 178 g/mol. The van der Waals surface area contributed by atoms with E-state index in [1.165, 1.54) is 7.11 Å². The summed E-state index contributed by atoms with van der Waals surface area (Å²) in [5.74, 6) is -0.186. The molecule has 0 rings (SSSR count). The van der Waals surface area contributed by atoms with Crippen molar-refractivity contribution in [3.8, 4) is 0 Å². The van der Waals surface area contributed by atoms with Crippen molar-refractivity contribution in [3.05, 3.63) is 11.6 Å². The van der Waals surface area contributed by atoms with Crippen molar-refractivity contribution in [1.82, 2.24) is 5.32 Å². The van der Waals surface area contributed by atoms with Crippen molar-refractivity contribution in [2.75, 3.05) is 13.7 Å². The minimum Gasteiger partial charge on any atom is -0.372 e. The van der Waals surface area contributed by atoms with E-state index in [4.69, 9.17) is 16.3 Å². The molecule has 1 unspecified atom stereocenters. The van der Waals surface area contributed by atoms with Gasteiger partial charge in [-0.2, -0.15) is 0 Å². The van der Waals surface area contributed by atoms with E-state index in [0.717, 1.165) is 0 Å². The number of hydrogen-bond acceptors (Lipinski definition) is 2. The molecule has 0 aliphatic carbocycles. The van der Waals surface area contributed by atoms with Crippen LogP contribution in [0.5, 0.6) is 0 Å². The molecule has 0 spiro atoms. The van der Waals surface area contributed by atoms with Gasteiger partial charge in [-0.25, -0.2) is 0 Å². The lowest BCUT2D eigenvalue weighted by Gasteiger charge is -2.08. The Morgan fingerprint density at radius 3 is 2.73 bits per heavy atom. The van der Waals surface area contributed by atoms with Crippen LogP contribution in [0.15, 0.2) is 11.6 Å². The van der Waals surface area contributed by atoms with E-state index in [0.29, 0.717) is 5.03 Å². The first kappa shape index (κ1) is 10.5. The summed E-state index contributed by atoms with van der Waals surface area (Å²) in [5.41, 5.74) is 0. The molecular formula is C7H12ClNO2. The molecule has 0 heterocycles. The van der Waals surface area contributed by atoms with E-state index in [9.17, 15) is 4.79 Å². The minimum absolute atomic E-state index is 0.186. The molecule has 1 N–H and O–H groups in total. The van der Waals surface area contributed by atoms with Crippen molar-refractivity contribution in [3.63, 3.8) is 0 Å². The molecule has 0 aliphatic rings. The summed E-state index contributed by atoms with van der Waals surface area (Å²) in [5, 5.41) is 2.94. The van der Waals surface area contributed by atoms with Gasteiger partial charge in [-0.15, -0.1) is 0 Å². The second kappa shape index (κ2) is 5.16. The largest absolute Gasteiger partial charge is 0.372 e. The number of ether oxygens (including phenoxy) is 1. The van der Waals surface area contributed by atoms with E-state index in [2.05, 4.69) is 11.9 Å². The number of hydrogen-bond donors (Lipinski definition) is 1. The molecule has 0 radical (unpaired) electrons. The maximum Gasteiger partial charge on any atom is 0.249 e. The Kier molecular flexibility index (Phi) is 4.90. The second-order valence-electron chi connectivity index (χ2n) is 2.11. The van der Waals surface area contributed by atoms with Crippen LogP contribution in [0, 0.1) is 0 Å². The fourth-order valence-electron chi connectivity index (χ4n) is 0.434. The molecule has 0 aromatic carbocycles. The molecule has 0 saturated heterocycles. The van der Waals surface area contributed by atoms with Crippen LogP contribution >= 0.6 is 11.6 Å². The second-order valence-corrected chi connectivity index (χ2v) is 2.65. The van der Waals surface area contributed by atoms with E-state index in [-0.39, 0.29) is 12.5 Å². The molecule has 3 nitrogen and oxygen atoms in total. The zero-order valence-corrected chi connectivity index (χ0v) is 7.44. The van der Waals surface area contributed by atoms with Crippen molar-refractivity contribution >= 4 is 17.5 Å². The Labute approximate surface area is 71.4 Å². The van der Waals surface area contributed by atoms with Crippen molar-refractivity contribution in [1.29, 1.82) is 0 Å². The van der Waals surface area contributed by atoms with Crippen LogP contribution in [0.4, 0.5) is 0 Å². The molecule has 64 valence electrons. The van der Waals surface area contributed by atoms with Crippen molar-refractivity contribution in [2.45, 2.75) is 13.0 Å². The Bertz CT molecular complexity index is 159. The van der Waals surface area contributed by atoms with E-state index in [1.807, 2.05) is 0 Å². The molecule has 0 saturated carbocycles. The van der Waals surface area contributed by atoms with Gasteiger partial charge >= 0.3 is 0 Å². The van der Waals surface area contributed by atoms with Gasteiger partial charge in [0.1, 0.15) is 6.10 Å². The van der Waals surface area contributed by atoms with E-state index in [1.54, 1.807) is 6.92 Å². The SMILES string of the molecule is C=C(Cl)CNC(=O)C(C)OC. The highest BCUT2D eigenvalue weighted by molar-refractivity contribution is 6.29. The highest BCUT2D eigenvalue weighted by atomic mass is 35.5. The van der Waals surface area contributed by atoms with Gasteiger partial charge < -0.3 is 10.1 Å². The lowest BCUT2D eigenvalue weighted by Crippen LogP contribution is -2.34. The van der Waals surface area contributed by atoms with E-state index < -0.39 is 6.10 Å². The molecule has 1 atom stereocenters. The van der Waals surface area contributed by atoms with Gasteiger partial charge in [-0.05, 0) is 6.92 Å². The van der Waals surface area contributed by atoms with Crippen LogP contribution in [0.2, 0.25) is 0 Å². The third-order valence-corrected chi connectivity index (χ3v) is 1.31. The first-order chi connectivity index (χ1) is 5.07. The zero-order valence-electron chi connectivity index (χ0n) is 6.69. The lowest BCUT2D eigenvalue weighted by atomic mass is 10.4. The molecule has 4 heteroatoms. The number of methoxy groups -OCH3 is 1. The quantitative estimate of drug-likeness (QED) is 0.693. The van der Waals surface area contributed by atoms with Crippen LogP contribution in [0.25, 0.3) is 0 Å². The van der Waals surface area contributed by atoms with Crippen LogP contribution in [0.3, 0.4) is 0 Å². The van der Waals surface area contributed by atoms with Crippen LogP contribution in [0.1, 0.15) is 6.92 Å². The van der Waals surface area contributed by atoms with Crippen molar-refractivity contribution in [2.24, 2.45) is 0 Å². The summed E-state index contributed by atoms with van der Waals surface area (Å²) in [6.07, 6.45) is -0.439. The monoisotopic (exact) mass is 177 g/mol. The summed E-state index contributed by atoms with van der Waals surface area (Å²) < 4.78 is 4.76. The summed E-state index contributed by atoms with van der Waals surface area (Å²) in [6, 6.07) is 0. The Morgan fingerprint density at radius 1 is 1.82 bits per heavy atom. The van der Waals surface area contributed by atoms with Gasteiger partial charge in [-0.1, -0.05) is 18.2 Å². The summed E-state index contributed by atoms with van der Waals surface area (Å²) in [4.78, 5) is 10.9. The number of rotatable bonds is 4. The number of nitrogens with one attached hydrogen (secondary N) is 1. The van der Waals surface area contributed by atoms with Gasteiger partial charge in [0.25, 0.3) is 0 Å². The maximum atomic E-state index is 10.9. The first-order valence-electron chi connectivity index (χ1n) is 3.21. The van der Waals surface area contributed by atoms with Gasteiger partial charge in [-0.3, -0.25) is 4.79 Å². The molecule has 0 bridgehead atoms. The van der Waals surface area contributed by atoms with Crippen LogP contribution in [-0.4, -0.2) is 25.7 Å². The summed E-state index contributed by atoms with van der Waals surface area (Å²) >= 11 is 5.42. The topological polar surface area (TPSA) is 38.3 Å². The van der Waals surface area contributed by atoms with Gasteiger partial charge in [0, 0.05) is 12.1 Å². The Balaban J connectivity index is 3.60. The fraction of sp³-hybridized carbons (Fsp3) is 0.571. The smallest absolute Gasteiger partial charge is 0.249 e. The van der Waals surface area contributed by atoms with Crippen molar-refractivity contribution < 1.29 is 9.53 Å². The first-order valence-corrected chi connectivity index (χ1v) is 3.59. The molecule has 1 amide bonds. The predicted molar refractivity (Wildman–Crippen MR) is 44.5 cm³/mol. The highest BCUT2D eigenvalue weighted by Gasteiger charge is 2.09. The maximum absolute atomic E-state index is 10.9. The standard InChI is InChI=1S/C7H12ClNO2/c1-5(8)4-9-7(10)6(2)11-3/h6H,1,4H2,2-3H3,(H,9,10). The molecule has 0 fully saturated rings. The Hall–Kier alpha value is -0.540. The fourth-order valence-corrected chi connectivity index (χ4v) is 0.501. The third-order valence-electron chi connectivity index (χ3n) is 1.18. The zero-order chi connectivity index (χ0) is 8.85.